The van der Waals surface area contributed by atoms with Crippen molar-refractivity contribution in [3.63, 3.8) is 0 Å². The van der Waals surface area contributed by atoms with E-state index in [9.17, 15) is 10.1 Å². The zero-order valence-electron chi connectivity index (χ0n) is 10.8. The number of hydrogen-bond acceptors (Lipinski definition) is 5. The predicted octanol–water partition coefficient (Wildman–Crippen LogP) is 1.69. The van der Waals surface area contributed by atoms with Crippen molar-refractivity contribution >= 4 is 11.5 Å². The van der Waals surface area contributed by atoms with Gasteiger partial charge in [-0.2, -0.15) is 5.10 Å². The highest BCUT2D eigenvalue weighted by Crippen LogP contribution is 2.17. The van der Waals surface area contributed by atoms with Crippen molar-refractivity contribution in [3.05, 3.63) is 45.9 Å². The number of aromatic nitrogens is 3. The first-order chi connectivity index (χ1) is 9.06. The third kappa shape index (κ3) is 3.27. The van der Waals surface area contributed by atoms with Crippen molar-refractivity contribution in [2.75, 3.05) is 11.9 Å². The van der Waals surface area contributed by atoms with Crippen LogP contribution in [0.2, 0.25) is 0 Å². The molecule has 0 aliphatic rings. The molecule has 2 rings (SSSR count). The van der Waals surface area contributed by atoms with E-state index in [-0.39, 0.29) is 5.69 Å². The SMILES string of the molecule is Cc1cc([N+](=O)[O-])cnc1NCCc1ccn(C)n1. The Hall–Kier alpha value is -2.44. The van der Waals surface area contributed by atoms with Gasteiger partial charge in [-0.25, -0.2) is 4.98 Å². The van der Waals surface area contributed by atoms with Crippen LogP contribution in [0.15, 0.2) is 24.5 Å². The standard InChI is InChI=1S/C12H15N5O2/c1-9-7-11(17(18)19)8-14-12(9)13-5-3-10-4-6-16(2)15-10/h4,6-8H,3,5H2,1-2H3,(H,13,14). The quantitative estimate of drug-likeness (QED) is 0.653. The molecule has 0 bridgehead atoms. The van der Waals surface area contributed by atoms with Crippen molar-refractivity contribution in [2.45, 2.75) is 13.3 Å². The molecule has 2 aromatic heterocycles. The summed E-state index contributed by atoms with van der Waals surface area (Å²) in [5.74, 6) is 0.668. The van der Waals surface area contributed by atoms with Gasteiger partial charge in [0.2, 0.25) is 0 Å². The lowest BCUT2D eigenvalue weighted by Crippen LogP contribution is -2.08. The van der Waals surface area contributed by atoms with E-state index in [4.69, 9.17) is 0 Å². The first kappa shape index (κ1) is 13.0. The largest absolute Gasteiger partial charge is 0.369 e. The van der Waals surface area contributed by atoms with E-state index in [1.54, 1.807) is 11.6 Å². The van der Waals surface area contributed by atoms with Crippen LogP contribution in [0.3, 0.4) is 0 Å². The van der Waals surface area contributed by atoms with Crippen molar-refractivity contribution in [3.8, 4) is 0 Å². The van der Waals surface area contributed by atoms with Crippen LogP contribution < -0.4 is 5.32 Å². The van der Waals surface area contributed by atoms with Gasteiger partial charge >= 0.3 is 0 Å². The predicted molar refractivity (Wildman–Crippen MR) is 71.0 cm³/mol. The summed E-state index contributed by atoms with van der Waals surface area (Å²) in [7, 11) is 1.87. The van der Waals surface area contributed by atoms with Gasteiger partial charge in [0, 0.05) is 32.3 Å². The van der Waals surface area contributed by atoms with Crippen LogP contribution in [0.25, 0.3) is 0 Å². The summed E-state index contributed by atoms with van der Waals surface area (Å²) in [5, 5.41) is 18.0. The van der Waals surface area contributed by atoms with E-state index < -0.39 is 4.92 Å². The summed E-state index contributed by atoms with van der Waals surface area (Å²) in [6.07, 6.45) is 3.93. The van der Waals surface area contributed by atoms with Crippen LogP contribution in [0.1, 0.15) is 11.3 Å². The van der Waals surface area contributed by atoms with Crippen molar-refractivity contribution in [2.24, 2.45) is 7.05 Å². The molecule has 0 aromatic carbocycles. The Bertz CT molecular complexity index is 594. The van der Waals surface area contributed by atoms with E-state index in [1.807, 2.05) is 19.3 Å². The second-order valence-electron chi connectivity index (χ2n) is 4.27. The van der Waals surface area contributed by atoms with Gasteiger partial charge in [0.05, 0.1) is 10.6 Å². The number of hydrogen-bond donors (Lipinski definition) is 1. The first-order valence-corrected chi connectivity index (χ1v) is 5.89. The molecular formula is C12H15N5O2. The topological polar surface area (TPSA) is 85.9 Å². The zero-order valence-corrected chi connectivity index (χ0v) is 10.8. The molecule has 0 aliphatic carbocycles. The van der Waals surface area contributed by atoms with Gasteiger partial charge in [-0.3, -0.25) is 14.8 Å². The molecule has 0 fully saturated rings. The molecule has 0 atom stereocenters. The fraction of sp³-hybridized carbons (Fsp3) is 0.333. The van der Waals surface area contributed by atoms with E-state index >= 15 is 0 Å². The van der Waals surface area contributed by atoms with Crippen LogP contribution in [0.4, 0.5) is 11.5 Å². The average Bonchev–Trinajstić information content (AvgIpc) is 2.77. The molecule has 0 radical (unpaired) electrons. The molecule has 0 aliphatic heterocycles. The van der Waals surface area contributed by atoms with Crippen LogP contribution in [0, 0.1) is 17.0 Å². The lowest BCUT2D eigenvalue weighted by Gasteiger charge is -2.07. The van der Waals surface area contributed by atoms with Crippen molar-refractivity contribution < 1.29 is 4.92 Å². The number of nitrogens with zero attached hydrogens (tertiary/aromatic N) is 4. The number of pyridine rings is 1. The summed E-state index contributed by atoms with van der Waals surface area (Å²) in [6.45, 7) is 2.48. The molecule has 100 valence electrons. The number of nitro groups is 1. The lowest BCUT2D eigenvalue weighted by atomic mass is 10.2. The number of anilines is 1. The van der Waals surface area contributed by atoms with Gasteiger partial charge in [0.15, 0.2) is 0 Å². The molecule has 0 saturated carbocycles. The maximum atomic E-state index is 10.6. The van der Waals surface area contributed by atoms with Crippen LogP contribution in [0.5, 0.6) is 0 Å². The van der Waals surface area contributed by atoms with Gasteiger partial charge in [-0.1, -0.05) is 0 Å². The number of aryl methyl sites for hydroxylation is 2. The van der Waals surface area contributed by atoms with E-state index in [0.29, 0.717) is 12.4 Å². The summed E-state index contributed by atoms with van der Waals surface area (Å²) in [6, 6.07) is 3.47. The maximum absolute atomic E-state index is 10.6. The van der Waals surface area contributed by atoms with Gasteiger partial charge in [-0.05, 0) is 18.6 Å². The fourth-order valence-corrected chi connectivity index (χ4v) is 1.75. The third-order valence-electron chi connectivity index (χ3n) is 2.72. The van der Waals surface area contributed by atoms with Gasteiger partial charge in [0.1, 0.15) is 12.0 Å². The minimum atomic E-state index is -0.447. The normalized spacial score (nSPS) is 10.4. The van der Waals surface area contributed by atoms with Gasteiger partial charge in [0.25, 0.3) is 5.69 Å². The van der Waals surface area contributed by atoms with Gasteiger partial charge in [-0.15, -0.1) is 0 Å². The summed E-state index contributed by atoms with van der Waals surface area (Å²) in [5.41, 5.74) is 1.76. The molecule has 0 saturated heterocycles. The average molecular weight is 261 g/mol. The Morgan fingerprint density at radius 2 is 2.32 bits per heavy atom. The molecule has 1 N–H and O–H groups in total. The van der Waals surface area contributed by atoms with Crippen LogP contribution in [-0.4, -0.2) is 26.2 Å². The first-order valence-electron chi connectivity index (χ1n) is 5.89. The van der Waals surface area contributed by atoms with Crippen molar-refractivity contribution in [1.29, 1.82) is 0 Å². The van der Waals surface area contributed by atoms with Crippen LogP contribution >= 0.6 is 0 Å². The van der Waals surface area contributed by atoms with E-state index in [0.717, 1.165) is 17.7 Å². The Kier molecular flexibility index (Phi) is 3.74. The molecule has 7 heteroatoms. The second kappa shape index (κ2) is 5.47. The Morgan fingerprint density at radius 3 is 2.89 bits per heavy atom. The van der Waals surface area contributed by atoms with E-state index in [1.165, 1.54) is 12.3 Å². The maximum Gasteiger partial charge on any atom is 0.287 e. The highest BCUT2D eigenvalue weighted by molar-refractivity contribution is 5.48. The molecule has 0 amide bonds. The fourth-order valence-electron chi connectivity index (χ4n) is 1.75. The lowest BCUT2D eigenvalue weighted by molar-refractivity contribution is -0.385. The highest BCUT2D eigenvalue weighted by Gasteiger charge is 2.09. The smallest absolute Gasteiger partial charge is 0.287 e. The summed E-state index contributed by atoms with van der Waals surface area (Å²) >= 11 is 0. The molecule has 0 unspecified atom stereocenters. The Balaban J connectivity index is 1.94. The zero-order chi connectivity index (χ0) is 13.8. The molecule has 0 spiro atoms. The second-order valence-corrected chi connectivity index (χ2v) is 4.27. The van der Waals surface area contributed by atoms with Gasteiger partial charge < -0.3 is 5.32 Å². The minimum Gasteiger partial charge on any atom is -0.369 e. The molecule has 2 aromatic rings. The Morgan fingerprint density at radius 1 is 1.53 bits per heavy atom. The molecule has 2 heterocycles. The van der Waals surface area contributed by atoms with E-state index in [2.05, 4.69) is 15.4 Å². The highest BCUT2D eigenvalue weighted by atomic mass is 16.6. The van der Waals surface area contributed by atoms with Crippen molar-refractivity contribution in [1.82, 2.24) is 14.8 Å². The summed E-state index contributed by atoms with van der Waals surface area (Å²) < 4.78 is 1.75. The minimum absolute atomic E-state index is 0.00720. The Labute approximate surface area is 110 Å². The monoisotopic (exact) mass is 261 g/mol. The van der Waals surface area contributed by atoms with Crippen LogP contribution in [-0.2, 0) is 13.5 Å². The number of rotatable bonds is 5. The summed E-state index contributed by atoms with van der Waals surface area (Å²) in [4.78, 5) is 14.2. The third-order valence-corrected chi connectivity index (χ3v) is 2.72. The molecule has 19 heavy (non-hydrogen) atoms. The number of nitrogens with one attached hydrogen (secondary N) is 1. The molecular weight excluding hydrogens is 246 g/mol. The molecule has 7 nitrogen and oxygen atoms in total.